The molecule has 0 fully saturated rings. The number of nitrogens with zero attached hydrogens (tertiary/aromatic N) is 2. The van der Waals surface area contributed by atoms with E-state index in [1.54, 1.807) is 12.1 Å². The molecule has 2 rings (SSSR count). The minimum atomic E-state index is -0.109. The SMILES string of the molecule is CCNc1ccc(C(=O)NCCc2ncno2)cc1. The van der Waals surface area contributed by atoms with E-state index in [4.69, 9.17) is 4.52 Å². The quantitative estimate of drug-likeness (QED) is 0.822. The predicted octanol–water partition coefficient (Wildman–Crippen LogP) is 1.47. The second-order valence-electron chi connectivity index (χ2n) is 3.95. The Morgan fingerprint density at radius 3 is 2.74 bits per heavy atom. The average Bonchev–Trinajstić information content (AvgIpc) is 2.93. The van der Waals surface area contributed by atoms with Crippen molar-refractivity contribution in [1.82, 2.24) is 15.5 Å². The van der Waals surface area contributed by atoms with Crippen molar-refractivity contribution in [3.8, 4) is 0 Å². The molecule has 0 aliphatic heterocycles. The number of benzene rings is 1. The van der Waals surface area contributed by atoms with Gasteiger partial charge in [0.05, 0.1) is 0 Å². The summed E-state index contributed by atoms with van der Waals surface area (Å²) in [5.74, 6) is 0.408. The maximum Gasteiger partial charge on any atom is 0.251 e. The summed E-state index contributed by atoms with van der Waals surface area (Å²) in [4.78, 5) is 15.7. The summed E-state index contributed by atoms with van der Waals surface area (Å²) in [7, 11) is 0. The molecule has 6 nitrogen and oxygen atoms in total. The van der Waals surface area contributed by atoms with Crippen LogP contribution >= 0.6 is 0 Å². The third-order valence-electron chi connectivity index (χ3n) is 2.56. The Morgan fingerprint density at radius 2 is 2.11 bits per heavy atom. The topological polar surface area (TPSA) is 80.0 Å². The zero-order valence-corrected chi connectivity index (χ0v) is 10.7. The van der Waals surface area contributed by atoms with Gasteiger partial charge in [0.2, 0.25) is 5.89 Å². The predicted molar refractivity (Wildman–Crippen MR) is 70.9 cm³/mol. The van der Waals surface area contributed by atoms with Gasteiger partial charge in [0.1, 0.15) is 0 Å². The molecule has 0 unspecified atom stereocenters. The number of carbonyl (C=O) groups is 1. The molecule has 0 aliphatic rings. The van der Waals surface area contributed by atoms with Gasteiger partial charge in [-0.15, -0.1) is 0 Å². The molecule has 2 N–H and O–H groups in total. The van der Waals surface area contributed by atoms with Crippen LogP contribution < -0.4 is 10.6 Å². The molecule has 0 radical (unpaired) electrons. The van der Waals surface area contributed by atoms with Gasteiger partial charge < -0.3 is 15.2 Å². The van der Waals surface area contributed by atoms with Crippen LogP contribution in [0.1, 0.15) is 23.2 Å². The van der Waals surface area contributed by atoms with Crippen molar-refractivity contribution in [3.63, 3.8) is 0 Å². The molecule has 0 atom stereocenters. The summed E-state index contributed by atoms with van der Waals surface area (Å²) < 4.78 is 4.84. The minimum absolute atomic E-state index is 0.109. The number of hydrogen-bond acceptors (Lipinski definition) is 5. The molecule has 6 heteroatoms. The first kappa shape index (κ1) is 13.1. The molecule has 1 aromatic carbocycles. The van der Waals surface area contributed by atoms with Crippen molar-refractivity contribution in [2.75, 3.05) is 18.4 Å². The maximum atomic E-state index is 11.8. The van der Waals surface area contributed by atoms with E-state index in [0.717, 1.165) is 12.2 Å². The van der Waals surface area contributed by atoms with Crippen LogP contribution in [-0.4, -0.2) is 29.1 Å². The summed E-state index contributed by atoms with van der Waals surface area (Å²) in [5.41, 5.74) is 1.64. The maximum absolute atomic E-state index is 11.8. The molecule has 0 saturated heterocycles. The highest BCUT2D eigenvalue weighted by Gasteiger charge is 2.05. The zero-order valence-electron chi connectivity index (χ0n) is 10.7. The van der Waals surface area contributed by atoms with Gasteiger partial charge >= 0.3 is 0 Å². The lowest BCUT2D eigenvalue weighted by atomic mass is 10.2. The van der Waals surface area contributed by atoms with Crippen LogP contribution in [-0.2, 0) is 6.42 Å². The van der Waals surface area contributed by atoms with Crippen molar-refractivity contribution in [1.29, 1.82) is 0 Å². The van der Waals surface area contributed by atoms with Crippen LogP contribution in [0.25, 0.3) is 0 Å². The molecule has 1 heterocycles. The fraction of sp³-hybridized carbons (Fsp3) is 0.308. The van der Waals surface area contributed by atoms with E-state index in [0.29, 0.717) is 24.4 Å². The van der Waals surface area contributed by atoms with Crippen LogP contribution in [0, 0.1) is 0 Å². The number of anilines is 1. The summed E-state index contributed by atoms with van der Waals surface area (Å²) in [5, 5.41) is 9.48. The Morgan fingerprint density at radius 1 is 1.32 bits per heavy atom. The first-order valence-electron chi connectivity index (χ1n) is 6.17. The second-order valence-corrected chi connectivity index (χ2v) is 3.95. The Labute approximate surface area is 111 Å². The number of aromatic nitrogens is 2. The van der Waals surface area contributed by atoms with Crippen LogP contribution in [0.4, 0.5) is 5.69 Å². The van der Waals surface area contributed by atoms with Crippen molar-refractivity contribution in [2.24, 2.45) is 0 Å². The highest BCUT2D eigenvalue weighted by molar-refractivity contribution is 5.94. The van der Waals surface area contributed by atoms with Gasteiger partial charge in [-0.2, -0.15) is 4.98 Å². The molecule has 0 aliphatic carbocycles. The molecule has 100 valence electrons. The van der Waals surface area contributed by atoms with Gasteiger partial charge in [-0.25, -0.2) is 0 Å². The lowest BCUT2D eigenvalue weighted by molar-refractivity contribution is 0.0953. The van der Waals surface area contributed by atoms with Gasteiger partial charge in [0.25, 0.3) is 5.91 Å². The van der Waals surface area contributed by atoms with Crippen LogP contribution in [0.5, 0.6) is 0 Å². The van der Waals surface area contributed by atoms with E-state index in [2.05, 4.69) is 20.8 Å². The van der Waals surface area contributed by atoms with Crippen molar-refractivity contribution < 1.29 is 9.32 Å². The number of rotatable bonds is 6. The normalized spacial score (nSPS) is 10.2. The molecule has 0 bridgehead atoms. The fourth-order valence-electron chi connectivity index (χ4n) is 1.63. The van der Waals surface area contributed by atoms with E-state index in [9.17, 15) is 4.79 Å². The van der Waals surface area contributed by atoms with Crippen LogP contribution in [0.15, 0.2) is 35.1 Å². The monoisotopic (exact) mass is 260 g/mol. The van der Waals surface area contributed by atoms with Gasteiger partial charge in [-0.1, -0.05) is 5.16 Å². The Bertz CT molecular complexity index is 508. The number of carbonyl (C=O) groups excluding carboxylic acids is 1. The summed E-state index contributed by atoms with van der Waals surface area (Å²) in [6.45, 7) is 3.35. The van der Waals surface area contributed by atoms with Crippen LogP contribution in [0.3, 0.4) is 0 Å². The standard InChI is InChI=1S/C13H16N4O2/c1-2-14-11-5-3-10(4-6-11)13(18)15-8-7-12-16-9-17-19-12/h3-6,9,14H,2,7-8H2,1H3,(H,15,18). The smallest absolute Gasteiger partial charge is 0.251 e. The highest BCUT2D eigenvalue weighted by atomic mass is 16.5. The molecule has 1 aromatic heterocycles. The second kappa shape index (κ2) is 6.53. The van der Waals surface area contributed by atoms with E-state index in [-0.39, 0.29) is 5.91 Å². The van der Waals surface area contributed by atoms with Gasteiger partial charge in [-0.05, 0) is 31.2 Å². The molecule has 2 aromatic rings. The highest BCUT2D eigenvalue weighted by Crippen LogP contribution is 2.09. The lowest BCUT2D eigenvalue weighted by Crippen LogP contribution is -2.25. The molecular formula is C13H16N4O2. The van der Waals surface area contributed by atoms with Gasteiger partial charge in [0, 0.05) is 30.8 Å². The van der Waals surface area contributed by atoms with E-state index >= 15 is 0 Å². The Hall–Kier alpha value is -2.37. The average molecular weight is 260 g/mol. The molecule has 1 amide bonds. The third-order valence-corrected chi connectivity index (χ3v) is 2.56. The van der Waals surface area contributed by atoms with E-state index in [1.807, 2.05) is 19.1 Å². The van der Waals surface area contributed by atoms with Crippen molar-refractivity contribution >= 4 is 11.6 Å². The third kappa shape index (κ3) is 3.80. The van der Waals surface area contributed by atoms with Crippen molar-refractivity contribution in [3.05, 3.63) is 42.0 Å². The Kier molecular flexibility index (Phi) is 4.49. The lowest BCUT2D eigenvalue weighted by Gasteiger charge is -2.06. The minimum Gasteiger partial charge on any atom is -0.385 e. The van der Waals surface area contributed by atoms with E-state index < -0.39 is 0 Å². The first-order valence-corrected chi connectivity index (χ1v) is 6.17. The van der Waals surface area contributed by atoms with Crippen molar-refractivity contribution in [2.45, 2.75) is 13.3 Å². The van der Waals surface area contributed by atoms with Gasteiger partial charge in [0.15, 0.2) is 6.33 Å². The summed E-state index contributed by atoms with van der Waals surface area (Å²) in [6, 6.07) is 7.35. The fourth-order valence-corrected chi connectivity index (χ4v) is 1.63. The number of amides is 1. The first-order chi connectivity index (χ1) is 9.29. The van der Waals surface area contributed by atoms with E-state index in [1.165, 1.54) is 6.33 Å². The molecule has 19 heavy (non-hydrogen) atoms. The largest absolute Gasteiger partial charge is 0.385 e. The number of nitrogens with one attached hydrogen (secondary N) is 2. The Balaban J connectivity index is 1.82. The van der Waals surface area contributed by atoms with Crippen LogP contribution in [0.2, 0.25) is 0 Å². The summed E-state index contributed by atoms with van der Waals surface area (Å²) >= 11 is 0. The zero-order chi connectivity index (χ0) is 13.5. The molecular weight excluding hydrogens is 244 g/mol. The van der Waals surface area contributed by atoms with Gasteiger partial charge in [-0.3, -0.25) is 4.79 Å². The molecule has 0 saturated carbocycles. The summed E-state index contributed by atoms with van der Waals surface area (Å²) in [6.07, 6.45) is 1.87. The number of hydrogen-bond donors (Lipinski definition) is 2. The molecule has 0 spiro atoms.